The third kappa shape index (κ3) is 4.20. The van der Waals surface area contributed by atoms with Gasteiger partial charge in [0.15, 0.2) is 0 Å². The summed E-state index contributed by atoms with van der Waals surface area (Å²) in [4.78, 5) is 12.3. The van der Waals surface area contributed by atoms with Gasteiger partial charge in [-0.1, -0.05) is 35.5 Å². The summed E-state index contributed by atoms with van der Waals surface area (Å²) in [5, 5.41) is 15.2. The van der Waals surface area contributed by atoms with E-state index in [1.54, 1.807) is 11.8 Å². The molecule has 1 N–H and O–H groups in total. The molecule has 0 unspecified atom stereocenters. The Hall–Kier alpha value is -2.87. The highest BCUT2D eigenvalue weighted by molar-refractivity contribution is 7.99. The maximum Gasteiger partial charge on any atom is 0.234 e. The third-order valence-electron chi connectivity index (χ3n) is 3.73. The van der Waals surface area contributed by atoms with E-state index in [4.69, 9.17) is 4.74 Å². The molecule has 26 heavy (non-hydrogen) atoms. The number of nitrogens with one attached hydrogen (secondary N) is 1. The van der Waals surface area contributed by atoms with Gasteiger partial charge in [-0.25, -0.2) is 0 Å². The smallest absolute Gasteiger partial charge is 0.234 e. The van der Waals surface area contributed by atoms with Gasteiger partial charge < -0.3 is 10.1 Å². The number of carbonyl (C=O) groups excluding carboxylic acids is 1. The lowest BCUT2D eigenvalue weighted by atomic mass is 10.1. The molecule has 0 aliphatic heterocycles. The van der Waals surface area contributed by atoms with Gasteiger partial charge >= 0.3 is 0 Å². The number of ether oxygens (including phenoxy) is 1. The van der Waals surface area contributed by atoms with Crippen LogP contribution in [0.2, 0.25) is 0 Å². The van der Waals surface area contributed by atoms with Crippen LogP contribution in [0.15, 0.2) is 47.6 Å². The largest absolute Gasteiger partial charge is 0.497 e. The molecule has 7 nitrogen and oxygen atoms in total. The molecule has 1 aromatic heterocycles. The van der Waals surface area contributed by atoms with E-state index < -0.39 is 0 Å². The second-order valence-corrected chi connectivity index (χ2v) is 6.67. The first-order valence-corrected chi connectivity index (χ1v) is 8.98. The van der Waals surface area contributed by atoms with Gasteiger partial charge in [0, 0.05) is 11.8 Å². The van der Waals surface area contributed by atoms with E-state index in [2.05, 4.69) is 20.8 Å². The van der Waals surface area contributed by atoms with Crippen LogP contribution < -0.4 is 10.1 Å². The summed E-state index contributed by atoms with van der Waals surface area (Å²) in [5.41, 5.74) is 3.78. The quantitative estimate of drug-likeness (QED) is 0.673. The number of aryl methyl sites for hydroxylation is 2. The normalized spacial score (nSPS) is 10.6. The van der Waals surface area contributed by atoms with Gasteiger partial charge in [0.25, 0.3) is 0 Å². The minimum atomic E-state index is -0.109. The summed E-state index contributed by atoms with van der Waals surface area (Å²) < 4.78 is 6.81. The van der Waals surface area contributed by atoms with Crippen molar-refractivity contribution in [2.75, 3.05) is 18.2 Å². The predicted octanol–water partition coefficient (Wildman–Crippen LogP) is 3.02. The minimum absolute atomic E-state index is 0.109. The highest BCUT2D eigenvalue weighted by Gasteiger charge is 2.13. The average Bonchev–Trinajstić information content (AvgIpc) is 3.11. The standard InChI is InChI=1S/C18H19N5O2S/c1-12-7-8-16(13(2)9-12)19-17(24)11-26-18-20-21-22-23(18)14-5-4-6-15(10-14)25-3/h4-10H,11H2,1-3H3,(H,19,24). The lowest BCUT2D eigenvalue weighted by Crippen LogP contribution is -2.15. The Morgan fingerprint density at radius 3 is 2.85 bits per heavy atom. The van der Waals surface area contributed by atoms with Gasteiger partial charge in [0.05, 0.1) is 18.6 Å². The molecule has 0 saturated carbocycles. The molecule has 0 spiro atoms. The molecule has 1 amide bonds. The zero-order valence-electron chi connectivity index (χ0n) is 14.8. The topological polar surface area (TPSA) is 81.9 Å². The van der Waals surface area contributed by atoms with E-state index in [-0.39, 0.29) is 11.7 Å². The SMILES string of the molecule is COc1cccc(-n2nnnc2SCC(=O)Nc2ccc(C)cc2C)c1. The third-order valence-corrected chi connectivity index (χ3v) is 4.65. The fraction of sp³-hybridized carbons (Fsp3) is 0.222. The number of rotatable bonds is 6. The van der Waals surface area contributed by atoms with Crippen molar-refractivity contribution in [1.82, 2.24) is 20.2 Å². The lowest BCUT2D eigenvalue weighted by Gasteiger charge is -2.09. The van der Waals surface area contributed by atoms with E-state index in [1.165, 1.54) is 11.8 Å². The van der Waals surface area contributed by atoms with Crippen LogP contribution >= 0.6 is 11.8 Å². The molecule has 0 fully saturated rings. The fourth-order valence-corrected chi connectivity index (χ4v) is 3.13. The van der Waals surface area contributed by atoms with E-state index in [1.807, 2.05) is 56.3 Å². The molecular formula is C18H19N5O2S. The molecule has 0 saturated heterocycles. The average molecular weight is 369 g/mol. The van der Waals surface area contributed by atoms with Crippen LogP contribution in [0.4, 0.5) is 5.69 Å². The molecule has 8 heteroatoms. The highest BCUT2D eigenvalue weighted by atomic mass is 32.2. The van der Waals surface area contributed by atoms with E-state index in [9.17, 15) is 4.79 Å². The van der Waals surface area contributed by atoms with Gasteiger partial charge in [-0.2, -0.15) is 4.68 Å². The zero-order chi connectivity index (χ0) is 18.5. The van der Waals surface area contributed by atoms with Crippen molar-refractivity contribution < 1.29 is 9.53 Å². The number of benzene rings is 2. The maximum absolute atomic E-state index is 12.3. The summed E-state index contributed by atoms with van der Waals surface area (Å²) in [7, 11) is 1.60. The highest BCUT2D eigenvalue weighted by Crippen LogP contribution is 2.22. The van der Waals surface area contributed by atoms with Crippen molar-refractivity contribution in [2.45, 2.75) is 19.0 Å². The van der Waals surface area contributed by atoms with Gasteiger partial charge in [0.2, 0.25) is 11.1 Å². The van der Waals surface area contributed by atoms with E-state index >= 15 is 0 Å². The molecule has 134 valence electrons. The van der Waals surface area contributed by atoms with Crippen LogP contribution in [0.5, 0.6) is 5.75 Å². The molecule has 3 aromatic rings. The Labute approximate surface area is 155 Å². The second-order valence-electron chi connectivity index (χ2n) is 5.73. The van der Waals surface area contributed by atoms with Crippen molar-refractivity contribution in [1.29, 1.82) is 0 Å². The summed E-state index contributed by atoms with van der Waals surface area (Å²) >= 11 is 1.27. The number of hydrogen-bond acceptors (Lipinski definition) is 6. The van der Waals surface area contributed by atoms with Crippen molar-refractivity contribution in [3.05, 3.63) is 53.6 Å². The van der Waals surface area contributed by atoms with Crippen LogP contribution in [-0.4, -0.2) is 39.0 Å². The van der Waals surface area contributed by atoms with Crippen molar-refractivity contribution in [3.63, 3.8) is 0 Å². The van der Waals surface area contributed by atoms with Crippen molar-refractivity contribution >= 4 is 23.4 Å². The second kappa shape index (κ2) is 8.01. The molecule has 0 bridgehead atoms. The van der Waals surface area contributed by atoms with Crippen molar-refractivity contribution in [3.8, 4) is 11.4 Å². The number of nitrogens with zero attached hydrogens (tertiary/aromatic N) is 4. The summed E-state index contributed by atoms with van der Waals surface area (Å²) in [5.74, 6) is 0.807. The predicted molar refractivity (Wildman–Crippen MR) is 101 cm³/mol. The van der Waals surface area contributed by atoms with Gasteiger partial charge in [-0.05, 0) is 48.0 Å². The summed E-state index contributed by atoms with van der Waals surface area (Å²) in [6, 6.07) is 13.3. The summed E-state index contributed by atoms with van der Waals surface area (Å²) in [6.07, 6.45) is 0. The van der Waals surface area contributed by atoms with Gasteiger partial charge in [0.1, 0.15) is 5.75 Å². The molecule has 0 atom stereocenters. The molecular weight excluding hydrogens is 350 g/mol. The van der Waals surface area contributed by atoms with Crippen LogP contribution in [0.3, 0.4) is 0 Å². The first kappa shape index (κ1) is 17.9. The van der Waals surface area contributed by atoms with Gasteiger partial charge in [-0.15, -0.1) is 5.10 Å². The molecule has 2 aromatic carbocycles. The van der Waals surface area contributed by atoms with Crippen LogP contribution in [0.1, 0.15) is 11.1 Å². The van der Waals surface area contributed by atoms with Crippen LogP contribution in [0, 0.1) is 13.8 Å². The zero-order valence-corrected chi connectivity index (χ0v) is 15.6. The first-order chi connectivity index (χ1) is 12.6. The van der Waals surface area contributed by atoms with Gasteiger partial charge in [-0.3, -0.25) is 4.79 Å². The maximum atomic E-state index is 12.3. The Bertz CT molecular complexity index is 925. The molecule has 0 aliphatic carbocycles. The molecule has 1 heterocycles. The molecule has 0 aliphatic rings. The number of carbonyl (C=O) groups is 1. The Morgan fingerprint density at radius 2 is 2.08 bits per heavy atom. The fourth-order valence-electron chi connectivity index (χ4n) is 2.44. The number of methoxy groups -OCH3 is 1. The Morgan fingerprint density at radius 1 is 1.23 bits per heavy atom. The molecule has 0 radical (unpaired) electrons. The van der Waals surface area contributed by atoms with Crippen LogP contribution in [-0.2, 0) is 4.79 Å². The first-order valence-electron chi connectivity index (χ1n) is 7.99. The number of tetrazole rings is 1. The monoisotopic (exact) mass is 369 g/mol. The number of anilines is 1. The summed E-state index contributed by atoms with van der Waals surface area (Å²) in [6.45, 7) is 3.99. The van der Waals surface area contributed by atoms with Crippen molar-refractivity contribution in [2.24, 2.45) is 0 Å². The van der Waals surface area contributed by atoms with Crippen LogP contribution in [0.25, 0.3) is 5.69 Å². The van der Waals surface area contributed by atoms with E-state index in [0.717, 1.165) is 22.5 Å². The number of aromatic nitrogens is 4. The minimum Gasteiger partial charge on any atom is -0.497 e. The number of amides is 1. The number of thioether (sulfide) groups is 1. The number of hydrogen-bond donors (Lipinski definition) is 1. The molecule has 3 rings (SSSR count). The Balaban J connectivity index is 1.67. The Kier molecular flexibility index (Phi) is 5.52. The van der Waals surface area contributed by atoms with E-state index in [0.29, 0.717) is 10.9 Å². The lowest BCUT2D eigenvalue weighted by molar-refractivity contribution is -0.113.